The van der Waals surface area contributed by atoms with E-state index in [1.165, 1.54) is 0 Å². The fourth-order valence-corrected chi connectivity index (χ4v) is 6.55. The summed E-state index contributed by atoms with van der Waals surface area (Å²) in [7, 11) is 6.30. The Morgan fingerprint density at radius 1 is 1.03 bits per heavy atom. The van der Waals surface area contributed by atoms with Gasteiger partial charge in [0.2, 0.25) is 11.8 Å². The van der Waals surface area contributed by atoms with Crippen LogP contribution in [0.2, 0.25) is 10.0 Å². The molecule has 2 saturated heterocycles. The normalized spacial score (nSPS) is 25.0. The average Bonchev–Trinajstić information content (AvgIpc) is 3.16. The zero-order valence-electron chi connectivity index (χ0n) is 21.6. The molecule has 3 aromatic carbocycles. The smallest absolute Gasteiger partial charge is 0.238 e. The van der Waals surface area contributed by atoms with E-state index in [2.05, 4.69) is 17.6 Å². The first-order valence-electron chi connectivity index (χ1n) is 12.9. The van der Waals surface area contributed by atoms with E-state index < -0.39 is 17.4 Å². The Bertz CT molecular complexity index is 1510. The number of fused-ring (bicyclic) bond motifs is 2. The molecule has 3 aromatic rings. The monoisotopic (exact) mass is 560 g/mol. The van der Waals surface area contributed by atoms with Gasteiger partial charge >= 0.3 is 0 Å². The maximum atomic E-state index is 14.3. The van der Waals surface area contributed by atoms with E-state index in [1.807, 2.05) is 37.3 Å². The van der Waals surface area contributed by atoms with E-state index in [0.717, 1.165) is 16.7 Å². The van der Waals surface area contributed by atoms with Crippen molar-refractivity contribution < 1.29 is 19.1 Å². The Morgan fingerprint density at radius 2 is 1.77 bits per heavy atom. The summed E-state index contributed by atoms with van der Waals surface area (Å²) in [6.45, 7) is 5.71. The van der Waals surface area contributed by atoms with Crippen molar-refractivity contribution in [2.24, 2.45) is 5.41 Å². The summed E-state index contributed by atoms with van der Waals surface area (Å²) in [6, 6.07) is 15.6. The minimum Gasteiger partial charge on any atom is -0.493 e. The van der Waals surface area contributed by atoms with E-state index >= 15 is 0 Å². The largest absolute Gasteiger partial charge is 0.493 e. The fourth-order valence-electron chi connectivity index (χ4n) is 6.20. The Labute approximate surface area is 238 Å². The molecule has 0 bridgehead atoms. The number of halogens is 2. The van der Waals surface area contributed by atoms with E-state index in [4.69, 9.17) is 40.5 Å². The van der Waals surface area contributed by atoms with Crippen LogP contribution in [0.4, 0.5) is 5.69 Å². The van der Waals surface area contributed by atoms with Gasteiger partial charge in [0.1, 0.15) is 19.0 Å². The molecule has 3 aliphatic heterocycles. The Kier molecular flexibility index (Phi) is 6.44. The summed E-state index contributed by atoms with van der Waals surface area (Å²) in [5.74, 6) is -0.422. The van der Waals surface area contributed by atoms with Crippen LogP contribution in [0, 0.1) is 12.3 Å². The number of nitrogens with one attached hydrogen (secondary N) is 2. The molecule has 2 radical (unpaired) electrons. The van der Waals surface area contributed by atoms with Gasteiger partial charge in [-0.1, -0.05) is 59.9 Å². The third-order valence-corrected chi connectivity index (χ3v) is 8.66. The van der Waals surface area contributed by atoms with Crippen LogP contribution < -0.4 is 20.8 Å². The second-order valence-electron chi connectivity index (χ2n) is 11.2. The van der Waals surface area contributed by atoms with Crippen molar-refractivity contribution in [3.8, 4) is 5.75 Å². The van der Waals surface area contributed by atoms with Gasteiger partial charge in [-0.05, 0) is 59.5 Å². The fraction of sp³-hybridized carbons (Fsp3) is 0.333. The lowest BCUT2D eigenvalue weighted by Crippen LogP contribution is -2.57. The molecule has 3 aliphatic rings. The summed E-state index contributed by atoms with van der Waals surface area (Å²) in [6.07, 6.45) is 0.0613. The molecule has 6 nitrogen and oxygen atoms in total. The molecule has 2 N–H and O–H groups in total. The lowest BCUT2D eigenvalue weighted by atomic mass is 9.58. The Morgan fingerprint density at radius 3 is 2.51 bits per heavy atom. The molecule has 0 saturated carbocycles. The number of amides is 2. The van der Waals surface area contributed by atoms with Crippen molar-refractivity contribution in [3.63, 3.8) is 0 Å². The lowest BCUT2D eigenvalue weighted by molar-refractivity contribution is -0.131. The summed E-state index contributed by atoms with van der Waals surface area (Å²) >= 11 is 12.8. The van der Waals surface area contributed by atoms with Crippen LogP contribution in [-0.2, 0) is 19.7 Å². The van der Waals surface area contributed by atoms with Crippen LogP contribution in [0.1, 0.15) is 47.6 Å². The van der Waals surface area contributed by atoms with Crippen molar-refractivity contribution >= 4 is 54.0 Å². The quantitative estimate of drug-likeness (QED) is 0.442. The Hall–Kier alpha value is -3.00. The second kappa shape index (κ2) is 9.58. The maximum Gasteiger partial charge on any atom is 0.238 e. The lowest BCUT2D eigenvalue weighted by Gasteiger charge is -2.47. The summed E-state index contributed by atoms with van der Waals surface area (Å²) < 4.78 is 11.8. The third-order valence-electron chi connectivity index (χ3n) is 8.19. The molecule has 3 atom stereocenters. The van der Waals surface area contributed by atoms with Crippen LogP contribution in [0.25, 0.3) is 0 Å². The van der Waals surface area contributed by atoms with Gasteiger partial charge < -0.3 is 20.1 Å². The number of aryl methyl sites for hydroxylation is 1. The Balaban J connectivity index is 1.58. The average molecular weight is 561 g/mol. The number of ether oxygens (including phenoxy) is 2. The van der Waals surface area contributed by atoms with Gasteiger partial charge in [-0.25, -0.2) is 0 Å². The highest BCUT2D eigenvalue weighted by atomic mass is 35.5. The number of carbonyl (C=O) groups is 2. The van der Waals surface area contributed by atoms with E-state index in [9.17, 15) is 9.59 Å². The van der Waals surface area contributed by atoms with E-state index in [0.29, 0.717) is 52.3 Å². The second-order valence-corrected chi connectivity index (χ2v) is 12.0. The number of hydrogen-bond donors (Lipinski definition) is 2. The highest BCUT2D eigenvalue weighted by Gasteiger charge is 2.61. The number of rotatable bonds is 5. The molecule has 1 spiro atoms. The van der Waals surface area contributed by atoms with Gasteiger partial charge in [-0.3, -0.25) is 9.59 Å². The van der Waals surface area contributed by atoms with Crippen LogP contribution in [0.5, 0.6) is 5.75 Å². The minimum absolute atomic E-state index is 0.0613. The highest BCUT2D eigenvalue weighted by Crippen LogP contribution is 2.59. The first kappa shape index (κ1) is 26.2. The minimum atomic E-state index is -1.22. The summed E-state index contributed by atoms with van der Waals surface area (Å²) in [5.41, 5.74) is 2.93. The number of benzene rings is 3. The van der Waals surface area contributed by atoms with Crippen molar-refractivity contribution in [1.82, 2.24) is 5.32 Å². The summed E-state index contributed by atoms with van der Waals surface area (Å²) in [5, 5.41) is 7.22. The molecule has 0 aliphatic carbocycles. The van der Waals surface area contributed by atoms with E-state index in [1.54, 1.807) is 24.3 Å². The van der Waals surface area contributed by atoms with Gasteiger partial charge in [0.05, 0.1) is 25.9 Å². The maximum absolute atomic E-state index is 14.3. The molecule has 2 fully saturated rings. The first-order chi connectivity index (χ1) is 18.6. The van der Waals surface area contributed by atoms with Gasteiger partial charge in [0.25, 0.3) is 0 Å². The van der Waals surface area contributed by atoms with Crippen molar-refractivity contribution in [2.45, 2.75) is 37.6 Å². The van der Waals surface area contributed by atoms with Gasteiger partial charge in [0, 0.05) is 33.5 Å². The molecular formula is C30H27BCl2N2O4. The molecule has 2 amide bonds. The van der Waals surface area contributed by atoms with Crippen molar-refractivity contribution in [2.75, 3.05) is 25.1 Å². The number of anilines is 1. The molecule has 6 rings (SSSR count). The van der Waals surface area contributed by atoms with Crippen LogP contribution in [0.15, 0.2) is 54.6 Å². The zero-order valence-corrected chi connectivity index (χ0v) is 23.2. The standard InChI is InChI=1S/C30H27BCl2N2O4/c1-16-3-5-18(32)10-20(16)27-30(22-7-6-19(33)11-24(22)34-28(30)37)23(12-26(36)35-27)21-9-17(31)4-8-25(21)39-15-29(2)13-38-14-29/h3-11,23,27H,12-15H2,1-2H3,(H,34,37)(H,35,36)/t23-,27?,30-/m1/s1. The van der Waals surface area contributed by atoms with Gasteiger partial charge in [0.15, 0.2) is 0 Å². The van der Waals surface area contributed by atoms with Crippen LogP contribution >= 0.6 is 23.2 Å². The number of carbonyl (C=O) groups excluding carboxylic acids is 2. The molecule has 198 valence electrons. The molecule has 39 heavy (non-hydrogen) atoms. The van der Waals surface area contributed by atoms with Crippen molar-refractivity contribution in [3.05, 3.63) is 86.9 Å². The first-order valence-corrected chi connectivity index (χ1v) is 13.6. The van der Waals surface area contributed by atoms with Gasteiger partial charge in [-0.15, -0.1) is 0 Å². The van der Waals surface area contributed by atoms with Gasteiger partial charge in [-0.2, -0.15) is 0 Å². The topological polar surface area (TPSA) is 76.7 Å². The third kappa shape index (κ3) is 4.32. The van der Waals surface area contributed by atoms with Crippen molar-refractivity contribution in [1.29, 1.82) is 0 Å². The SMILES string of the molecule is [B]c1ccc(OCC2(C)COC2)c([C@H]2CC(=O)NC(c3cc(Cl)ccc3C)[C@]23C(=O)Nc2cc(Cl)ccc23)c1. The zero-order chi connectivity index (χ0) is 27.5. The summed E-state index contributed by atoms with van der Waals surface area (Å²) in [4.78, 5) is 27.8. The van der Waals surface area contributed by atoms with Crippen LogP contribution in [-0.4, -0.2) is 39.5 Å². The number of piperidine rings is 1. The predicted molar refractivity (Wildman–Crippen MR) is 152 cm³/mol. The van der Waals surface area contributed by atoms with E-state index in [-0.39, 0.29) is 23.7 Å². The highest BCUT2D eigenvalue weighted by molar-refractivity contribution is 6.32. The number of hydrogen-bond acceptors (Lipinski definition) is 4. The predicted octanol–water partition coefficient (Wildman–Crippen LogP) is 4.75. The molecule has 3 heterocycles. The van der Waals surface area contributed by atoms with Crippen LogP contribution in [0.3, 0.4) is 0 Å². The molecule has 9 heteroatoms. The molecule has 0 aromatic heterocycles. The molecule has 1 unspecified atom stereocenters. The molecular weight excluding hydrogens is 534 g/mol.